The van der Waals surface area contributed by atoms with E-state index >= 15 is 0 Å². The first-order valence-corrected chi connectivity index (χ1v) is 12.3. The number of aliphatic imine (C=N–C) groups is 1. The van der Waals surface area contributed by atoms with Crippen molar-refractivity contribution in [2.24, 2.45) is 10.9 Å². The Morgan fingerprint density at radius 1 is 1.28 bits per heavy atom. The fourth-order valence-corrected chi connectivity index (χ4v) is 4.41. The topological polar surface area (TPSA) is 103 Å². The van der Waals surface area contributed by atoms with Crippen LogP contribution in [0.15, 0.2) is 83.2 Å². The highest BCUT2D eigenvalue weighted by molar-refractivity contribution is 6.41. The molecule has 3 unspecified atom stereocenters. The molecule has 1 aromatic rings. The van der Waals surface area contributed by atoms with Gasteiger partial charge >= 0.3 is 5.97 Å². The molecular formula is C29H36N4O3. The van der Waals surface area contributed by atoms with Crippen LogP contribution in [-0.4, -0.2) is 35.9 Å². The summed E-state index contributed by atoms with van der Waals surface area (Å²) in [5.41, 5.74) is 5.96. The van der Waals surface area contributed by atoms with Crippen LogP contribution >= 0.6 is 0 Å². The number of carbonyl (C=O) groups is 2. The minimum atomic E-state index is -1.09. The largest absolute Gasteiger partial charge is 0.477 e. The molecule has 1 aliphatic heterocycles. The quantitative estimate of drug-likeness (QED) is 0.181. The Hall–Kier alpha value is -3.87. The number of amides is 1. The van der Waals surface area contributed by atoms with Crippen molar-refractivity contribution in [3.63, 3.8) is 0 Å². The molecule has 7 heteroatoms. The van der Waals surface area contributed by atoms with E-state index in [1.807, 2.05) is 12.1 Å². The number of hydrogen-bond acceptors (Lipinski definition) is 5. The summed E-state index contributed by atoms with van der Waals surface area (Å²) < 4.78 is 0. The molecule has 0 fully saturated rings. The van der Waals surface area contributed by atoms with E-state index in [2.05, 4.69) is 67.0 Å². The van der Waals surface area contributed by atoms with E-state index in [1.165, 1.54) is 29.2 Å². The second kappa shape index (κ2) is 11.7. The lowest BCUT2D eigenvalue weighted by Crippen LogP contribution is -2.25. The van der Waals surface area contributed by atoms with Crippen LogP contribution < -0.4 is 16.0 Å². The van der Waals surface area contributed by atoms with Gasteiger partial charge in [0, 0.05) is 24.4 Å². The molecule has 0 bridgehead atoms. The fourth-order valence-electron chi connectivity index (χ4n) is 4.41. The number of carboxylic acid groups (broad SMARTS) is 1. The van der Waals surface area contributed by atoms with Crippen molar-refractivity contribution < 1.29 is 14.7 Å². The minimum absolute atomic E-state index is 0.0246. The monoisotopic (exact) mass is 488 g/mol. The molecule has 3 rings (SSSR count). The second-order valence-corrected chi connectivity index (χ2v) is 9.40. The van der Waals surface area contributed by atoms with Gasteiger partial charge in [0.05, 0.1) is 11.3 Å². The Labute approximate surface area is 213 Å². The lowest BCUT2D eigenvalue weighted by atomic mass is 9.90. The summed E-state index contributed by atoms with van der Waals surface area (Å²) in [7, 11) is 1.56. The van der Waals surface area contributed by atoms with Crippen LogP contribution in [0.5, 0.6) is 0 Å². The Balaban J connectivity index is 1.91. The molecule has 0 spiro atoms. The molecule has 190 valence electrons. The highest BCUT2D eigenvalue weighted by Gasteiger charge is 2.28. The van der Waals surface area contributed by atoms with Gasteiger partial charge in [-0.25, -0.2) is 9.79 Å². The van der Waals surface area contributed by atoms with Gasteiger partial charge in [-0.1, -0.05) is 63.6 Å². The number of carbonyl (C=O) groups excluding carboxylic acids is 1. The van der Waals surface area contributed by atoms with Crippen LogP contribution in [0.1, 0.15) is 50.7 Å². The lowest BCUT2D eigenvalue weighted by Gasteiger charge is -2.21. The Bertz CT molecular complexity index is 1190. The zero-order valence-corrected chi connectivity index (χ0v) is 21.5. The van der Waals surface area contributed by atoms with E-state index in [1.54, 1.807) is 19.2 Å². The average Bonchev–Trinajstić information content (AvgIpc) is 3.35. The molecule has 0 aromatic heterocycles. The van der Waals surface area contributed by atoms with Crippen molar-refractivity contribution in [1.82, 2.24) is 10.6 Å². The summed E-state index contributed by atoms with van der Waals surface area (Å²) in [4.78, 5) is 27.7. The van der Waals surface area contributed by atoms with Crippen LogP contribution in [0.3, 0.4) is 0 Å². The highest BCUT2D eigenvalue weighted by atomic mass is 16.4. The number of carboxylic acids is 1. The van der Waals surface area contributed by atoms with Gasteiger partial charge < -0.3 is 21.1 Å². The summed E-state index contributed by atoms with van der Waals surface area (Å²) >= 11 is 0. The molecule has 4 N–H and O–H groups in total. The van der Waals surface area contributed by atoms with Crippen LogP contribution in [0.4, 0.5) is 5.69 Å². The van der Waals surface area contributed by atoms with Gasteiger partial charge in [0.15, 0.2) is 0 Å². The summed E-state index contributed by atoms with van der Waals surface area (Å²) in [5.74, 6) is -0.556. The van der Waals surface area contributed by atoms with Crippen molar-refractivity contribution >= 4 is 23.3 Å². The normalized spacial score (nSPS) is 19.2. The van der Waals surface area contributed by atoms with Gasteiger partial charge in [0.25, 0.3) is 5.91 Å². The SMILES string of the molecule is C=C(/C=C(/Nc1cccc(CC(C)CCC)c1C1C=C1C)C(=C)C(=O)NC)NC1C=CC(C(=O)O)=N1. The molecule has 1 aliphatic carbocycles. The van der Waals surface area contributed by atoms with E-state index in [9.17, 15) is 9.59 Å². The van der Waals surface area contributed by atoms with Crippen molar-refractivity contribution in [3.05, 3.63) is 89.3 Å². The Morgan fingerprint density at radius 2 is 2.00 bits per heavy atom. The Morgan fingerprint density at radius 3 is 2.58 bits per heavy atom. The maximum absolute atomic E-state index is 12.5. The second-order valence-electron chi connectivity index (χ2n) is 9.40. The lowest BCUT2D eigenvalue weighted by molar-refractivity contribution is -0.129. The summed E-state index contributed by atoms with van der Waals surface area (Å²) in [6.07, 6.45) is 9.78. The highest BCUT2D eigenvalue weighted by Crippen LogP contribution is 2.45. The maximum atomic E-state index is 12.5. The van der Waals surface area contributed by atoms with Gasteiger partial charge in [-0.05, 0) is 54.7 Å². The maximum Gasteiger partial charge on any atom is 0.354 e. The first kappa shape index (κ1) is 26.7. The van der Waals surface area contributed by atoms with E-state index in [0.29, 0.717) is 17.3 Å². The Kier molecular flexibility index (Phi) is 8.69. The molecule has 1 aromatic carbocycles. The molecule has 36 heavy (non-hydrogen) atoms. The number of likely N-dealkylation sites (N-methyl/N-ethyl adjacent to an activating group) is 1. The molecule has 1 amide bonds. The zero-order chi connectivity index (χ0) is 26.4. The molecule has 3 atom stereocenters. The number of benzene rings is 1. The first-order chi connectivity index (χ1) is 17.1. The predicted molar refractivity (Wildman–Crippen MR) is 146 cm³/mol. The third kappa shape index (κ3) is 6.62. The number of aliphatic carboxylic acids is 1. The molecule has 1 heterocycles. The van der Waals surface area contributed by atoms with Crippen molar-refractivity contribution in [1.29, 1.82) is 0 Å². The van der Waals surface area contributed by atoms with Crippen molar-refractivity contribution in [3.8, 4) is 0 Å². The van der Waals surface area contributed by atoms with Crippen LogP contribution in [0, 0.1) is 5.92 Å². The number of anilines is 1. The number of rotatable bonds is 13. The first-order valence-electron chi connectivity index (χ1n) is 12.3. The van der Waals surface area contributed by atoms with Gasteiger partial charge in [0.1, 0.15) is 11.9 Å². The number of hydrogen-bond donors (Lipinski definition) is 4. The number of nitrogens with one attached hydrogen (secondary N) is 3. The van der Waals surface area contributed by atoms with E-state index in [-0.39, 0.29) is 23.1 Å². The molecular weight excluding hydrogens is 452 g/mol. The van der Waals surface area contributed by atoms with E-state index in [4.69, 9.17) is 5.11 Å². The molecule has 0 saturated heterocycles. The summed E-state index contributed by atoms with van der Waals surface area (Å²) in [6.45, 7) is 14.7. The van der Waals surface area contributed by atoms with Crippen LogP contribution in [0.25, 0.3) is 0 Å². The molecule has 7 nitrogen and oxygen atoms in total. The zero-order valence-electron chi connectivity index (χ0n) is 21.5. The summed E-state index contributed by atoms with van der Waals surface area (Å²) in [5, 5.41) is 18.3. The fraction of sp³-hybridized carbons (Fsp3) is 0.345. The van der Waals surface area contributed by atoms with Crippen LogP contribution in [0.2, 0.25) is 0 Å². The van der Waals surface area contributed by atoms with E-state index < -0.39 is 12.1 Å². The third-order valence-electron chi connectivity index (χ3n) is 6.35. The van der Waals surface area contributed by atoms with Crippen molar-refractivity contribution in [2.45, 2.75) is 52.1 Å². The van der Waals surface area contributed by atoms with Crippen LogP contribution in [-0.2, 0) is 16.0 Å². The third-order valence-corrected chi connectivity index (χ3v) is 6.35. The van der Waals surface area contributed by atoms with Crippen molar-refractivity contribution in [2.75, 3.05) is 12.4 Å². The molecule has 0 saturated carbocycles. The van der Waals surface area contributed by atoms with E-state index in [0.717, 1.165) is 18.5 Å². The summed E-state index contributed by atoms with van der Waals surface area (Å²) in [6, 6.07) is 6.25. The van der Waals surface area contributed by atoms with Gasteiger partial charge in [-0.15, -0.1) is 0 Å². The van der Waals surface area contributed by atoms with Gasteiger partial charge in [0.2, 0.25) is 0 Å². The predicted octanol–water partition coefficient (Wildman–Crippen LogP) is 4.83. The van der Waals surface area contributed by atoms with Gasteiger partial charge in [-0.2, -0.15) is 0 Å². The number of nitrogens with zero attached hydrogens (tertiary/aromatic N) is 1. The number of allylic oxidation sites excluding steroid dienone is 3. The molecule has 2 aliphatic rings. The standard InChI is InChI=1S/C29H36N4O3/c1-7-9-17(2)14-21-10-8-11-23(27(21)22-15-18(22)3)32-25(20(5)28(34)30-6)16-19(4)31-26-13-12-24(33-26)29(35)36/h8,10-13,15-17,22,26,31-32H,4-5,7,9,14H2,1-3,6H3,(H,30,34)(H,35,36)/b25-16+. The average molecular weight is 489 g/mol. The minimum Gasteiger partial charge on any atom is -0.477 e. The van der Waals surface area contributed by atoms with Gasteiger partial charge in [-0.3, -0.25) is 4.79 Å². The smallest absolute Gasteiger partial charge is 0.354 e. The molecule has 0 radical (unpaired) electrons.